The molecular weight excluding hydrogens is 547 g/mol. The number of carbonyl (C=O) groups excluding carboxylic acids is 1. The molecule has 0 aliphatic rings. The van der Waals surface area contributed by atoms with E-state index in [0.717, 1.165) is 26.8 Å². The Kier molecular flexibility index (Phi) is 7.26. The Morgan fingerprint density at radius 2 is 1.74 bits per heavy atom. The number of hydrogen-bond donors (Lipinski definition) is 1. The minimum atomic E-state index is -4.63. The van der Waals surface area contributed by atoms with Gasteiger partial charge in [0.05, 0.1) is 52.2 Å². The minimum absolute atomic E-state index is 0.0480. The zero-order chi connectivity index (χ0) is 30.2. The second kappa shape index (κ2) is 10.9. The number of rotatable bonds is 5. The molecule has 0 aliphatic carbocycles. The van der Waals surface area contributed by atoms with E-state index in [0.29, 0.717) is 16.9 Å². The molecule has 42 heavy (non-hydrogen) atoms. The molecule has 0 unspecified atom stereocenters. The van der Waals surface area contributed by atoms with E-state index < -0.39 is 29.5 Å². The van der Waals surface area contributed by atoms with E-state index in [9.17, 15) is 28.0 Å². The molecule has 12 heteroatoms. The van der Waals surface area contributed by atoms with Crippen LogP contribution in [0.2, 0.25) is 0 Å². The molecule has 9 nitrogen and oxygen atoms in total. The molecule has 0 bridgehead atoms. The van der Waals surface area contributed by atoms with Crippen LogP contribution < -0.4 is 15.6 Å². The molecule has 3 aromatic heterocycles. The summed E-state index contributed by atoms with van der Waals surface area (Å²) in [5.74, 6) is 0. The van der Waals surface area contributed by atoms with E-state index in [1.54, 1.807) is 44.2 Å². The van der Waals surface area contributed by atoms with Crippen molar-refractivity contribution in [3.63, 3.8) is 0 Å². The van der Waals surface area contributed by atoms with Crippen LogP contribution in [0.3, 0.4) is 0 Å². The number of benzene rings is 2. The SMILES string of the molecule is Cc1c(-c2ccnn2-c2ccc(C#N)cc2)n(C(=O)N[C@@H](C)c2cc[n+](C)cc2)c(=O)n1-c1cccc(C(F)(F)F)c1. The van der Waals surface area contributed by atoms with Gasteiger partial charge >= 0.3 is 17.9 Å². The number of pyridine rings is 1. The van der Waals surface area contributed by atoms with Crippen molar-refractivity contribution in [2.45, 2.75) is 26.1 Å². The predicted molar refractivity (Wildman–Crippen MR) is 147 cm³/mol. The standard InChI is InChI=1S/C30H24F3N7O2/c1-19(22-12-15-37(3)16-13-22)36-28(41)39-27(26-11-14-35-40(26)24-9-7-21(18-34)8-10-24)20(2)38(29(39)42)25-6-4-5-23(17-25)30(31,32)33/h4-17,19H,1-3H3/p+1/t19-/m0/s1. The highest BCUT2D eigenvalue weighted by Gasteiger charge is 2.32. The number of aryl methyl sites for hydroxylation is 1. The topological polar surface area (TPSA) is 102 Å². The summed E-state index contributed by atoms with van der Waals surface area (Å²) < 4.78 is 46.0. The lowest BCUT2D eigenvalue weighted by Gasteiger charge is -2.15. The molecule has 0 spiro atoms. The number of halogens is 3. The number of amides is 1. The zero-order valence-corrected chi connectivity index (χ0v) is 22.8. The van der Waals surface area contributed by atoms with Gasteiger partial charge in [-0.25, -0.2) is 23.4 Å². The van der Waals surface area contributed by atoms with E-state index in [1.807, 2.05) is 42.2 Å². The second-order valence-electron chi connectivity index (χ2n) is 9.69. The van der Waals surface area contributed by atoms with Crippen LogP contribution in [0.1, 0.15) is 35.3 Å². The lowest BCUT2D eigenvalue weighted by Crippen LogP contribution is -2.38. The van der Waals surface area contributed by atoms with Gasteiger partial charge in [-0.05, 0) is 67.9 Å². The van der Waals surface area contributed by atoms with Crippen molar-refractivity contribution in [1.29, 1.82) is 5.26 Å². The van der Waals surface area contributed by atoms with Gasteiger partial charge in [0.2, 0.25) is 0 Å². The Labute approximate surface area is 238 Å². The van der Waals surface area contributed by atoms with Crippen LogP contribution in [-0.2, 0) is 13.2 Å². The highest BCUT2D eigenvalue weighted by atomic mass is 19.4. The lowest BCUT2D eigenvalue weighted by atomic mass is 10.1. The maximum Gasteiger partial charge on any atom is 0.416 e. The molecule has 0 aliphatic heterocycles. The maximum absolute atomic E-state index is 13.9. The van der Waals surface area contributed by atoms with Gasteiger partial charge in [0.15, 0.2) is 12.4 Å². The summed E-state index contributed by atoms with van der Waals surface area (Å²) >= 11 is 0. The molecule has 5 rings (SSSR count). The van der Waals surface area contributed by atoms with Gasteiger partial charge in [-0.1, -0.05) is 6.07 Å². The number of alkyl halides is 3. The van der Waals surface area contributed by atoms with Crippen LogP contribution in [0.4, 0.5) is 18.0 Å². The monoisotopic (exact) mass is 572 g/mol. The number of hydrogen-bond acceptors (Lipinski definition) is 4. The first kappa shape index (κ1) is 28.1. The second-order valence-corrected chi connectivity index (χ2v) is 9.69. The molecule has 5 aromatic rings. The third-order valence-corrected chi connectivity index (χ3v) is 6.89. The van der Waals surface area contributed by atoms with E-state index >= 15 is 0 Å². The molecule has 3 heterocycles. The fourth-order valence-electron chi connectivity index (χ4n) is 4.72. The van der Waals surface area contributed by atoms with Crippen molar-refractivity contribution >= 4 is 6.03 Å². The summed E-state index contributed by atoms with van der Waals surface area (Å²) in [5.41, 5.74) is 0.643. The van der Waals surface area contributed by atoms with Gasteiger partial charge in [0, 0.05) is 12.1 Å². The van der Waals surface area contributed by atoms with Gasteiger partial charge in [-0.2, -0.15) is 23.5 Å². The van der Waals surface area contributed by atoms with E-state index in [4.69, 9.17) is 0 Å². The number of nitriles is 1. The predicted octanol–water partition coefficient (Wildman–Crippen LogP) is 4.83. The van der Waals surface area contributed by atoms with Crippen molar-refractivity contribution in [2.75, 3.05) is 0 Å². The van der Waals surface area contributed by atoms with Crippen LogP contribution in [0, 0.1) is 18.3 Å². The molecule has 1 atom stereocenters. The van der Waals surface area contributed by atoms with Crippen LogP contribution in [0.5, 0.6) is 0 Å². The first-order valence-corrected chi connectivity index (χ1v) is 12.8. The van der Waals surface area contributed by atoms with E-state index in [-0.39, 0.29) is 17.1 Å². The molecule has 0 fully saturated rings. The molecule has 0 saturated carbocycles. The number of aromatic nitrogens is 5. The van der Waals surface area contributed by atoms with Gasteiger partial charge in [0.1, 0.15) is 12.7 Å². The molecule has 1 amide bonds. The smallest absolute Gasteiger partial charge is 0.331 e. The third-order valence-electron chi connectivity index (χ3n) is 6.89. The van der Waals surface area contributed by atoms with Crippen LogP contribution in [0.25, 0.3) is 22.8 Å². The van der Waals surface area contributed by atoms with Crippen molar-refractivity contribution in [2.24, 2.45) is 7.05 Å². The third kappa shape index (κ3) is 5.19. The van der Waals surface area contributed by atoms with Gasteiger partial charge < -0.3 is 5.32 Å². The summed E-state index contributed by atoms with van der Waals surface area (Å²) in [6, 6.07) is 16.9. The molecule has 0 radical (unpaired) electrons. The van der Waals surface area contributed by atoms with Gasteiger partial charge in [-0.3, -0.25) is 4.57 Å². The summed E-state index contributed by atoms with van der Waals surface area (Å²) in [4.78, 5) is 27.7. The van der Waals surface area contributed by atoms with Crippen LogP contribution in [0.15, 0.2) is 90.1 Å². The molecular formula is C30H25F3N7O2+. The largest absolute Gasteiger partial charge is 0.416 e. The van der Waals surface area contributed by atoms with Gasteiger partial charge in [0.25, 0.3) is 0 Å². The first-order chi connectivity index (χ1) is 20.0. The first-order valence-electron chi connectivity index (χ1n) is 12.8. The Hall–Kier alpha value is -5.44. The Morgan fingerprint density at radius 1 is 1.05 bits per heavy atom. The number of carbonyl (C=O) groups is 1. The summed E-state index contributed by atoms with van der Waals surface area (Å²) in [7, 11) is 1.86. The molecule has 0 saturated heterocycles. The average Bonchev–Trinajstić information content (AvgIpc) is 3.54. The number of imidazole rings is 1. The van der Waals surface area contributed by atoms with Crippen molar-refractivity contribution < 1.29 is 22.5 Å². The normalized spacial score (nSPS) is 12.1. The fraction of sp³-hybridized carbons (Fsp3) is 0.167. The van der Waals surface area contributed by atoms with Crippen molar-refractivity contribution in [3.8, 4) is 28.8 Å². The molecule has 212 valence electrons. The number of nitrogens with zero attached hydrogens (tertiary/aromatic N) is 6. The van der Waals surface area contributed by atoms with Gasteiger partial charge in [-0.15, -0.1) is 0 Å². The Balaban J connectivity index is 1.69. The van der Waals surface area contributed by atoms with E-state index in [2.05, 4.69) is 10.4 Å². The fourth-order valence-corrected chi connectivity index (χ4v) is 4.72. The van der Waals surface area contributed by atoms with E-state index in [1.165, 1.54) is 23.0 Å². The molecule has 1 N–H and O–H groups in total. The van der Waals surface area contributed by atoms with Crippen LogP contribution >= 0.6 is 0 Å². The number of nitrogens with one attached hydrogen (secondary N) is 1. The quantitative estimate of drug-likeness (QED) is 0.305. The molecule has 2 aromatic carbocycles. The minimum Gasteiger partial charge on any atom is -0.331 e. The zero-order valence-electron chi connectivity index (χ0n) is 22.8. The highest BCUT2D eigenvalue weighted by Crippen LogP contribution is 2.32. The highest BCUT2D eigenvalue weighted by molar-refractivity contribution is 5.83. The summed E-state index contributed by atoms with van der Waals surface area (Å²) in [6.07, 6.45) is 0.486. The Bertz CT molecular complexity index is 1880. The summed E-state index contributed by atoms with van der Waals surface area (Å²) in [6.45, 7) is 3.31. The lowest BCUT2D eigenvalue weighted by molar-refractivity contribution is -0.671. The average molecular weight is 573 g/mol. The van der Waals surface area contributed by atoms with Crippen molar-refractivity contribution in [1.82, 2.24) is 24.2 Å². The maximum atomic E-state index is 13.9. The Morgan fingerprint density at radius 3 is 2.38 bits per heavy atom. The summed E-state index contributed by atoms with van der Waals surface area (Å²) in [5, 5.41) is 16.4. The van der Waals surface area contributed by atoms with Crippen LogP contribution in [-0.4, -0.2) is 24.9 Å². The van der Waals surface area contributed by atoms with Crippen molar-refractivity contribution in [3.05, 3.63) is 118 Å².